The fourth-order valence-electron chi connectivity index (χ4n) is 0.744. The monoisotopic (exact) mass is 192 g/mol. The van der Waals surface area contributed by atoms with Gasteiger partial charge in [0, 0.05) is 12.4 Å². The van der Waals surface area contributed by atoms with Crippen molar-refractivity contribution in [2.75, 3.05) is 6.61 Å². The molecule has 1 rings (SSSR count). The number of ether oxygens (including phenoxy) is 1. The molecule has 0 radical (unpaired) electrons. The summed E-state index contributed by atoms with van der Waals surface area (Å²) in [4.78, 5) is 14.2. The molecule has 72 valence electrons. The molecule has 1 aromatic rings. The van der Waals surface area contributed by atoms with Crippen LogP contribution in [0, 0.1) is 6.57 Å². The van der Waals surface area contributed by atoms with Crippen LogP contribution in [0.4, 0.5) is 0 Å². The average Bonchev–Trinajstić information content (AvgIpc) is 2.66. The van der Waals surface area contributed by atoms with Crippen LogP contribution < -0.4 is 0 Å². The van der Waals surface area contributed by atoms with Gasteiger partial charge < -0.3 is 4.74 Å². The Hall–Kier alpha value is -2.16. The molecular weight excluding hydrogens is 184 g/mol. The third-order valence-electron chi connectivity index (χ3n) is 1.30. The normalized spacial score (nSPS) is 10.7. The number of esters is 1. The molecule has 6 nitrogen and oxygen atoms in total. The smallest absolute Gasteiger partial charge is 0.337 e. The number of nitrogens with zero attached hydrogens (tertiary/aromatic N) is 4. The molecule has 0 aliphatic heterocycles. The van der Waals surface area contributed by atoms with Crippen molar-refractivity contribution >= 4 is 12.2 Å². The van der Waals surface area contributed by atoms with E-state index in [4.69, 9.17) is 6.57 Å². The van der Waals surface area contributed by atoms with Crippen LogP contribution >= 0.6 is 0 Å². The number of hydrogen-bond acceptors (Lipinski definition) is 4. The first-order valence-electron chi connectivity index (χ1n) is 3.90. The summed E-state index contributed by atoms with van der Waals surface area (Å²) in [5.74, 6) is -0.655. The number of aromatic nitrogens is 3. The molecule has 0 saturated heterocycles. The lowest BCUT2D eigenvalue weighted by atomic mass is 10.5. The maximum absolute atomic E-state index is 11.1. The zero-order valence-corrected chi connectivity index (χ0v) is 7.54. The van der Waals surface area contributed by atoms with Crippen LogP contribution in [0.15, 0.2) is 18.1 Å². The predicted molar refractivity (Wildman–Crippen MR) is 47.5 cm³/mol. The Kier molecular flexibility index (Phi) is 3.38. The van der Waals surface area contributed by atoms with Crippen LogP contribution in [-0.2, 0) is 9.53 Å². The Bertz CT molecular complexity index is 375. The lowest BCUT2D eigenvalue weighted by Gasteiger charge is -1.98. The number of carbonyl (C=O) groups is 1. The molecule has 0 aliphatic rings. The molecule has 6 heteroatoms. The second-order valence-corrected chi connectivity index (χ2v) is 2.23. The second kappa shape index (κ2) is 4.77. The van der Waals surface area contributed by atoms with Gasteiger partial charge in [0.25, 0.3) is 5.70 Å². The first-order valence-corrected chi connectivity index (χ1v) is 3.90. The highest BCUT2D eigenvalue weighted by Gasteiger charge is 2.10. The molecule has 0 saturated carbocycles. The van der Waals surface area contributed by atoms with Crippen molar-refractivity contribution in [1.82, 2.24) is 15.0 Å². The number of rotatable bonds is 3. The van der Waals surface area contributed by atoms with Gasteiger partial charge in [0.1, 0.15) is 0 Å². The van der Waals surface area contributed by atoms with E-state index in [1.165, 1.54) is 23.3 Å². The molecule has 0 fully saturated rings. The summed E-state index contributed by atoms with van der Waals surface area (Å²) >= 11 is 0. The second-order valence-electron chi connectivity index (χ2n) is 2.23. The number of hydrogen-bond donors (Lipinski definition) is 0. The molecule has 0 N–H and O–H groups in total. The molecule has 0 atom stereocenters. The molecule has 0 aromatic carbocycles. The summed E-state index contributed by atoms with van der Waals surface area (Å²) in [6.45, 7) is 8.68. The summed E-state index contributed by atoms with van der Waals surface area (Å²) in [6.07, 6.45) is 4.23. The predicted octanol–water partition coefficient (Wildman–Crippen LogP) is 0.559. The van der Waals surface area contributed by atoms with Crippen molar-refractivity contribution in [3.63, 3.8) is 0 Å². The zero-order valence-electron chi connectivity index (χ0n) is 7.54. The molecule has 1 aromatic heterocycles. The van der Waals surface area contributed by atoms with E-state index in [1.54, 1.807) is 6.92 Å². The minimum atomic E-state index is -0.655. The van der Waals surface area contributed by atoms with Crippen LogP contribution in [0.5, 0.6) is 0 Å². The fourth-order valence-corrected chi connectivity index (χ4v) is 0.744. The topological polar surface area (TPSA) is 61.4 Å². The van der Waals surface area contributed by atoms with Gasteiger partial charge in [-0.25, -0.2) is 9.53 Å². The van der Waals surface area contributed by atoms with E-state index in [-0.39, 0.29) is 12.3 Å². The fraction of sp³-hybridized carbons (Fsp3) is 0.250. The van der Waals surface area contributed by atoms with Crippen molar-refractivity contribution in [2.24, 2.45) is 0 Å². The molecule has 1 heterocycles. The van der Waals surface area contributed by atoms with Crippen LogP contribution in [-0.4, -0.2) is 27.6 Å². The molecule has 0 unspecified atom stereocenters. The molecule has 0 spiro atoms. The third kappa shape index (κ3) is 2.42. The molecule has 0 aliphatic carbocycles. The van der Waals surface area contributed by atoms with E-state index >= 15 is 0 Å². The van der Waals surface area contributed by atoms with Crippen molar-refractivity contribution in [3.05, 3.63) is 29.5 Å². The standard InChI is InChI=1S/C8H8N4O2/c1-3-14-8(13)7(9-2)6-12-5-4-10-11-12/h4-6H,3H2,1H3/b7-6+. The summed E-state index contributed by atoms with van der Waals surface area (Å²) < 4.78 is 5.93. The Morgan fingerprint density at radius 1 is 1.79 bits per heavy atom. The Morgan fingerprint density at radius 2 is 2.57 bits per heavy atom. The highest BCUT2D eigenvalue weighted by atomic mass is 16.5. The Labute approximate surface area is 80.6 Å². The van der Waals surface area contributed by atoms with Crippen molar-refractivity contribution in [2.45, 2.75) is 6.92 Å². The minimum Gasteiger partial charge on any atom is -0.471 e. The van der Waals surface area contributed by atoms with E-state index in [1.807, 2.05) is 0 Å². The summed E-state index contributed by atoms with van der Waals surface area (Å²) in [7, 11) is 0. The highest BCUT2D eigenvalue weighted by Crippen LogP contribution is 2.01. The first-order chi connectivity index (χ1) is 6.77. The molecule has 0 bridgehead atoms. The first kappa shape index (κ1) is 9.92. The SMILES string of the molecule is [C-]#[N+]/C(=C/n1ccnn1)C(=O)OCC. The summed E-state index contributed by atoms with van der Waals surface area (Å²) in [5.41, 5.74) is -0.127. The van der Waals surface area contributed by atoms with Crippen molar-refractivity contribution in [1.29, 1.82) is 0 Å². The molecule has 14 heavy (non-hydrogen) atoms. The summed E-state index contributed by atoms with van der Waals surface area (Å²) in [6, 6.07) is 0. The molecular formula is C8H8N4O2. The third-order valence-corrected chi connectivity index (χ3v) is 1.30. The van der Waals surface area contributed by atoms with Crippen LogP contribution in [0.2, 0.25) is 0 Å². The lowest BCUT2D eigenvalue weighted by molar-refractivity contribution is -0.138. The molecule has 0 amide bonds. The van der Waals surface area contributed by atoms with E-state index < -0.39 is 5.97 Å². The van der Waals surface area contributed by atoms with Crippen molar-refractivity contribution in [3.8, 4) is 0 Å². The van der Waals surface area contributed by atoms with Crippen molar-refractivity contribution < 1.29 is 9.53 Å². The number of carbonyl (C=O) groups excluding carboxylic acids is 1. The van der Waals surface area contributed by atoms with E-state index in [0.717, 1.165) is 0 Å². The van der Waals surface area contributed by atoms with E-state index in [2.05, 4.69) is 19.9 Å². The lowest BCUT2D eigenvalue weighted by Crippen LogP contribution is -2.06. The van der Waals surface area contributed by atoms with Gasteiger partial charge >= 0.3 is 5.97 Å². The summed E-state index contributed by atoms with van der Waals surface area (Å²) in [5, 5.41) is 7.11. The van der Waals surface area contributed by atoms with Gasteiger partial charge in [-0.3, -0.25) is 4.79 Å². The Balaban J connectivity index is 2.83. The average molecular weight is 192 g/mol. The van der Waals surface area contributed by atoms with Gasteiger partial charge in [-0.1, -0.05) is 5.21 Å². The van der Waals surface area contributed by atoms with E-state index in [9.17, 15) is 4.79 Å². The van der Waals surface area contributed by atoms with Crippen LogP contribution in [0.3, 0.4) is 0 Å². The van der Waals surface area contributed by atoms with Gasteiger partial charge in [0.2, 0.25) is 0 Å². The van der Waals surface area contributed by atoms with E-state index in [0.29, 0.717) is 0 Å². The quantitative estimate of drug-likeness (QED) is 0.399. The van der Waals surface area contributed by atoms with Gasteiger partial charge in [0.15, 0.2) is 0 Å². The Morgan fingerprint density at radius 3 is 3.07 bits per heavy atom. The van der Waals surface area contributed by atoms with Crippen LogP contribution in [0.1, 0.15) is 6.92 Å². The highest BCUT2D eigenvalue weighted by molar-refractivity contribution is 5.93. The van der Waals surface area contributed by atoms with Gasteiger partial charge in [0.05, 0.1) is 19.4 Å². The zero-order chi connectivity index (χ0) is 10.4. The van der Waals surface area contributed by atoms with Gasteiger partial charge in [-0.05, 0) is 6.92 Å². The largest absolute Gasteiger partial charge is 0.471 e. The van der Waals surface area contributed by atoms with Crippen LogP contribution in [0.25, 0.3) is 11.0 Å². The maximum Gasteiger partial charge on any atom is 0.337 e. The van der Waals surface area contributed by atoms with Gasteiger partial charge in [-0.15, -0.1) is 5.10 Å². The minimum absolute atomic E-state index is 0.127. The maximum atomic E-state index is 11.1. The van der Waals surface area contributed by atoms with Gasteiger partial charge in [-0.2, -0.15) is 0 Å².